The van der Waals surface area contributed by atoms with Crippen molar-refractivity contribution < 1.29 is 18.8 Å². The number of carbonyl (C=O) groups is 2. The molecule has 2 rings (SSSR count). The molecule has 0 saturated heterocycles. The Bertz CT molecular complexity index is 779. The summed E-state index contributed by atoms with van der Waals surface area (Å²) in [6.45, 7) is 2.37. The predicted octanol–water partition coefficient (Wildman–Crippen LogP) is 1.56. The van der Waals surface area contributed by atoms with Crippen LogP contribution in [0.3, 0.4) is 0 Å². The number of fused-ring (bicyclic) bond motifs is 1. The van der Waals surface area contributed by atoms with Gasteiger partial charge in [0.25, 0.3) is 5.52 Å². The monoisotopic (exact) mass is 290 g/mol. The van der Waals surface area contributed by atoms with Gasteiger partial charge in [-0.1, -0.05) is 19.1 Å². The Labute approximate surface area is 119 Å². The van der Waals surface area contributed by atoms with E-state index in [1.54, 1.807) is 19.1 Å². The third-order valence-corrected chi connectivity index (χ3v) is 3.03. The van der Waals surface area contributed by atoms with E-state index < -0.39 is 18.4 Å². The lowest BCUT2D eigenvalue weighted by molar-refractivity contribution is -0.468. The maximum atomic E-state index is 12.3. The van der Waals surface area contributed by atoms with Crippen molar-refractivity contribution in [3.63, 3.8) is 0 Å². The van der Waals surface area contributed by atoms with Crippen molar-refractivity contribution >= 4 is 22.8 Å². The van der Waals surface area contributed by atoms with Gasteiger partial charge in [-0.15, -0.1) is 0 Å². The van der Waals surface area contributed by atoms with Gasteiger partial charge in [0.05, 0.1) is 4.43 Å². The number of nitrogens with zero attached hydrogens (tertiary/aromatic N) is 2. The average molecular weight is 290 g/mol. The summed E-state index contributed by atoms with van der Waals surface area (Å²) in [5.41, 5.74) is -0.283. The van der Waals surface area contributed by atoms with Crippen molar-refractivity contribution in [1.82, 2.24) is 4.73 Å². The molecule has 0 saturated carbocycles. The third-order valence-electron chi connectivity index (χ3n) is 3.03. The minimum absolute atomic E-state index is 0.0864. The summed E-state index contributed by atoms with van der Waals surface area (Å²) in [4.78, 5) is 35.2. The summed E-state index contributed by atoms with van der Waals surface area (Å²) in [6, 6.07) is 6.11. The van der Waals surface area contributed by atoms with Gasteiger partial charge in [0, 0.05) is 24.3 Å². The van der Waals surface area contributed by atoms with E-state index in [4.69, 9.17) is 4.74 Å². The molecule has 0 aliphatic rings. The molecule has 0 N–H and O–H groups in total. The molecule has 7 nitrogen and oxygen atoms in total. The van der Waals surface area contributed by atoms with E-state index in [2.05, 4.69) is 0 Å². The van der Waals surface area contributed by atoms with E-state index in [0.717, 1.165) is 0 Å². The smallest absolute Gasteiger partial charge is 0.328 e. The number of carbonyl (C=O) groups excluding carboxylic acids is 2. The van der Waals surface area contributed by atoms with Crippen LogP contribution >= 0.6 is 0 Å². The maximum Gasteiger partial charge on any atom is 0.328 e. The third kappa shape index (κ3) is 2.62. The van der Waals surface area contributed by atoms with Gasteiger partial charge in [-0.3, -0.25) is 9.59 Å². The molecule has 1 aromatic carbocycles. The number of benzene rings is 1. The number of ketones is 1. The van der Waals surface area contributed by atoms with Crippen molar-refractivity contribution in [3.8, 4) is 0 Å². The topological polar surface area (TPSA) is 94.3 Å². The highest BCUT2D eigenvalue weighted by atomic mass is 16.5. The van der Waals surface area contributed by atoms with Crippen LogP contribution in [0.1, 0.15) is 36.5 Å². The summed E-state index contributed by atoms with van der Waals surface area (Å²) in [5.74, 6) is -1.09. The Morgan fingerprint density at radius 3 is 2.62 bits per heavy atom. The molecule has 2 aromatic rings. The minimum atomic E-state index is -0.567. The molecule has 21 heavy (non-hydrogen) atoms. The van der Waals surface area contributed by atoms with Crippen LogP contribution in [0.4, 0.5) is 0 Å². The van der Waals surface area contributed by atoms with Gasteiger partial charge in [0.2, 0.25) is 5.78 Å². The van der Waals surface area contributed by atoms with Gasteiger partial charge >= 0.3 is 11.7 Å². The summed E-state index contributed by atoms with van der Waals surface area (Å²) in [7, 11) is 0. The number of hydrogen-bond donors (Lipinski definition) is 0. The second kappa shape index (κ2) is 5.74. The highest BCUT2D eigenvalue weighted by molar-refractivity contribution is 5.93. The summed E-state index contributed by atoms with van der Waals surface area (Å²) in [6.07, 6.45) is 0.138. The lowest BCUT2D eigenvalue weighted by Gasteiger charge is -2.18. The lowest BCUT2D eigenvalue weighted by atomic mass is 10.2. The van der Waals surface area contributed by atoms with E-state index in [-0.39, 0.29) is 28.8 Å². The Hall–Kier alpha value is -2.70. The van der Waals surface area contributed by atoms with Gasteiger partial charge in [0.1, 0.15) is 17.8 Å². The number of ether oxygens (including phenoxy) is 1. The normalized spacial score (nSPS) is 10.6. The van der Waals surface area contributed by atoms with Crippen LogP contribution < -0.4 is 4.43 Å². The number of rotatable bonds is 4. The van der Waals surface area contributed by atoms with Gasteiger partial charge < -0.3 is 14.7 Å². The first-order chi connectivity index (χ1) is 9.97. The molecule has 0 radical (unpaired) electrons. The van der Waals surface area contributed by atoms with Crippen molar-refractivity contribution in [2.45, 2.75) is 26.9 Å². The zero-order valence-corrected chi connectivity index (χ0v) is 11.7. The number of aromatic nitrogens is 2. The van der Waals surface area contributed by atoms with Crippen LogP contribution in [-0.4, -0.2) is 16.5 Å². The van der Waals surface area contributed by atoms with Gasteiger partial charge in [-0.2, -0.15) is 0 Å². The van der Waals surface area contributed by atoms with Crippen LogP contribution in [0, 0.1) is 10.1 Å². The molecule has 0 amide bonds. The van der Waals surface area contributed by atoms with E-state index >= 15 is 0 Å². The zero-order chi connectivity index (χ0) is 15.6. The lowest BCUT2D eigenvalue weighted by Crippen LogP contribution is -2.31. The van der Waals surface area contributed by atoms with Crippen LogP contribution in [0.2, 0.25) is 0 Å². The number of para-hydroxylation sites is 2. The van der Waals surface area contributed by atoms with Crippen LogP contribution in [0.15, 0.2) is 24.3 Å². The van der Waals surface area contributed by atoms with Crippen molar-refractivity contribution in [2.24, 2.45) is 0 Å². The Kier molecular flexibility index (Phi) is 4.02. The molecule has 110 valence electrons. The molecule has 0 fully saturated rings. The van der Waals surface area contributed by atoms with Gasteiger partial charge in [-0.05, 0) is 6.07 Å². The Balaban J connectivity index is 2.69. The maximum absolute atomic E-state index is 12.3. The fourth-order valence-electron chi connectivity index (χ4n) is 2.01. The molecule has 0 unspecified atom stereocenters. The zero-order valence-electron chi connectivity index (χ0n) is 11.7. The molecule has 0 aliphatic heterocycles. The largest absolute Gasteiger partial charge is 0.805 e. The fraction of sp³-hybridized carbons (Fsp3) is 0.286. The molecular weight excluding hydrogens is 276 g/mol. The van der Waals surface area contributed by atoms with E-state index in [9.17, 15) is 19.7 Å². The highest BCUT2D eigenvalue weighted by Gasteiger charge is 2.26. The quantitative estimate of drug-likeness (QED) is 0.484. The predicted molar refractivity (Wildman–Crippen MR) is 74.2 cm³/mol. The fourth-order valence-corrected chi connectivity index (χ4v) is 2.01. The summed E-state index contributed by atoms with van der Waals surface area (Å²) in [5, 5.41) is 12.3. The number of hydrogen-bond acceptors (Lipinski definition) is 5. The highest BCUT2D eigenvalue weighted by Crippen LogP contribution is 2.15. The molecule has 0 atom stereocenters. The molecule has 1 heterocycles. The second-order valence-electron chi connectivity index (χ2n) is 4.44. The van der Waals surface area contributed by atoms with E-state index in [0.29, 0.717) is 9.16 Å². The summed E-state index contributed by atoms with van der Waals surface area (Å²) >= 11 is 0. The van der Waals surface area contributed by atoms with Crippen molar-refractivity contribution in [1.29, 1.82) is 0 Å². The van der Waals surface area contributed by atoms with E-state index in [1.165, 1.54) is 19.1 Å². The first-order valence-electron chi connectivity index (χ1n) is 6.40. The van der Waals surface area contributed by atoms with E-state index in [1.807, 2.05) is 0 Å². The molecular formula is C14H14N2O5. The number of esters is 1. The molecule has 0 aliphatic carbocycles. The SMILES string of the molecule is CCC(=O)OCc1c(C(C)=O)[n+](=O)c2ccccc2n1[O-]. The van der Waals surface area contributed by atoms with Crippen LogP contribution in [0.25, 0.3) is 11.0 Å². The van der Waals surface area contributed by atoms with Crippen LogP contribution in [0.5, 0.6) is 0 Å². The van der Waals surface area contributed by atoms with Gasteiger partial charge in [-0.25, -0.2) is 0 Å². The van der Waals surface area contributed by atoms with Gasteiger partial charge in [0.15, 0.2) is 0 Å². The summed E-state index contributed by atoms with van der Waals surface area (Å²) < 4.78 is 5.75. The minimum Gasteiger partial charge on any atom is -0.805 e. The molecule has 7 heteroatoms. The second-order valence-corrected chi connectivity index (χ2v) is 4.44. The molecule has 1 aromatic heterocycles. The Morgan fingerprint density at radius 2 is 2.00 bits per heavy atom. The first-order valence-corrected chi connectivity index (χ1v) is 6.40. The Morgan fingerprint density at radius 1 is 1.33 bits per heavy atom. The average Bonchev–Trinajstić information content (AvgIpc) is 2.48. The molecule has 0 spiro atoms. The first kappa shape index (κ1) is 14.7. The van der Waals surface area contributed by atoms with Crippen molar-refractivity contribution in [3.05, 3.63) is 45.8 Å². The standard InChI is InChI=1S/C14H14N2O5/c1-3-13(18)21-8-12-14(9(2)17)16(20)11-7-5-4-6-10(11)15(12)19/h4-7H,3,8H2,1-2H3. The molecule has 0 bridgehead atoms. The number of Topliss-reactive ketones (excluding diaryl/α,β-unsaturated/α-hetero) is 1. The van der Waals surface area contributed by atoms with Crippen LogP contribution in [-0.2, 0) is 16.1 Å². The van der Waals surface area contributed by atoms with Crippen molar-refractivity contribution in [2.75, 3.05) is 0 Å².